The van der Waals surface area contributed by atoms with Gasteiger partial charge in [0.15, 0.2) is 0 Å². The maximum absolute atomic E-state index is 12.1. The van der Waals surface area contributed by atoms with Crippen molar-refractivity contribution in [2.45, 2.75) is 31.7 Å². The first-order valence-electron chi connectivity index (χ1n) is 6.27. The van der Waals surface area contributed by atoms with Crippen molar-refractivity contribution in [3.05, 3.63) is 16.1 Å². The van der Waals surface area contributed by atoms with Crippen LogP contribution in [0, 0.1) is 0 Å². The smallest absolute Gasteiger partial charge is 0.326 e. The molecule has 104 valence electrons. The Morgan fingerprint density at radius 1 is 1.58 bits per heavy atom. The lowest BCUT2D eigenvalue weighted by atomic mass is 10.2. The number of aliphatic carboxylic acids is 1. The number of thiazole rings is 1. The molecule has 1 unspecified atom stereocenters. The van der Waals surface area contributed by atoms with Gasteiger partial charge >= 0.3 is 5.97 Å². The van der Waals surface area contributed by atoms with Crippen LogP contribution in [0.5, 0.6) is 0 Å². The monoisotopic (exact) mass is 283 g/mol. The standard InChI is InChI=1S/C12H17N3O3S/c13-4-3-10-14-8(7-19-10)6-11(16)15-5-1-2-9(15)12(17)18/h7,9H,1-6,13H2,(H,17,18). The molecule has 2 heterocycles. The van der Waals surface area contributed by atoms with Crippen molar-refractivity contribution in [2.24, 2.45) is 5.73 Å². The molecule has 1 aromatic rings. The van der Waals surface area contributed by atoms with E-state index in [2.05, 4.69) is 4.98 Å². The Labute approximate surface area is 115 Å². The van der Waals surface area contributed by atoms with Crippen molar-refractivity contribution in [2.75, 3.05) is 13.1 Å². The number of rotatable bonds is 5. The maximum atomic E-state index is 12.1. The second-order valence-electron chi connectivity index (χ2n) is 4.53. The number of amides is 1. The Bertz CT molecular complexity index is 475. The Hall–Kier alpha value is -1.47. The van der Waals surface area contributed by atoms with Crippen LogP contribution in [0.2, 0.25) is 0 Å². The van der Waals surface area contributed by atoms with E-state index in [4.69, 9.17) is 10.8 Å². The highest BCUT2D eigenvalue weighted by molar-refractivity contribution is 7.09. The van der Waals surface area contributed by atoms with Crippen LogP contribution in [-0.4, -0.2) is 46.0 Å². The normalized spacial score (nSPS) is 18.8. The van der Waals surface area contributed by atoms with Crippen LogP contribution in [0.4, 0.5) is 0 Å². The molecule has 0 saturated carbocycles. The second kappa shape index (κ2) is 6.12. The predicted molar refractivity (Wildman–Crippen MR) is 70.9 cm³/mol. The van der Waals surface area contributed by atoms with Crippen molar-refractivity contribution in [3.63, 3.8) is 0 Å². The van der Waals surface area contributed by atoms with Gasteiger partial charge < -0.3 is 15.7 Å². The van der Waals surface area contributed by atoms with Gasteiger partial charge in [-0.05, 0) is 19.4 Å². The summed E-state index contributed by atoms with van der Waals surface area (Å²) in [5.74, 6) is -1.08. The quantitative estimate of drug-likeness (QED) is 0.808. The van der Waals surface area contributed by atoms with Gasteiger partial charge in [-0.1, -0.05) is 0 Å². The number of aromatic nitrogens is 1. The fourth-order valence-electron chi connectivity index (χ4n) is 2.25. The average molecular weight is 283 g/mol. The topological polar surface area (TPSA) is 96.5 Å². The highest BCUT2D eigenvalue weighted by Gasteiger charge is 2.33. The number of carbonyl (C=O) groups excluding carboxylic acids is 1. The molecular formula is C12H17N3O3S. The van der Waals surface area contributed by atoms with E-state index in [0.29, 0.717) is 31.6 Å². The third-order valence-electron chi connectivity index (χ3n) is 3.15. The van der Waals surface area contributed by atoms with E-state index in [-0.39, 0.29) is 12.3 Å². The SMILES string of the molecule is NCCc1nc(CC(=O)N2CCCC2C(=O)O)cs1. The Morgan fingerprint density at radius 3 is 3.05 bits per heavy atom. The molecule has 1 aromatic heterocycles. The number of nitrogens with two attached hydrogens (primary N) is 1. The first kappa shape index (κ1) is 14.0. The molecule has 6 nitrogen and oxygen atoms in total. The number of hydrogen-bond acceptors (Lipinski definition) is 5. The van der Waals surface area contributed by atoms with Crippen molar-refractivity contribution in [1.29, 1.82) is 0 Å². The van der Waals surface area contributed by atoms with Gasteiger partial charge in [0.2, 0.25) is 5.91 Å². The first-order chi connectivity index (χ1) is 9.11. The van der Waals surface area contributed by atoms with Crippen molar-refractivity contribution in [3.8, 4) is 0 Å². The molecule has 1 fully saturated rings. The maximum Gasteiger partial charge on any atom is 0.326 e. The van der Waals surface area contributed by atoms with Gasteiger partial charge in [0.25, 0.3) is 0 Å². The van der Waals surface area contributed by atoms with Crippen LogP contribution in [-0.2, 0) is 22.4 Å². The van der Waals surface area contributed by atoms with E-state index < -0.39 is 12.0 Å². The molecule has 1 atom stereocenters. The zero-order chi connectivity index (χ0) is 13.8. The molecule has 0 spiro atoms. The van der Waals surface area contributed by atoms with E-state index in [1.165, 1.54) is 16.2 Å². The molecular weight excluding hydrogens is 266 g/mol. The van der Waals surface area contributed by atoms with Crippen LogP contribution < -0.4 is 5.73 Å². The molecule has 1 aliphatic heterocycles. The molecule has 1 aliphatic rings. The summed E-state index contributed by atoms with van der Waals surface area (Å²) in [4.78, 5) is 28.9. The summed E-state index contributed by atoms with van der Waals surface area (Å²) in [6, 6.07) is -0.672. The molecule has 1 amide bonds. The van der Waals surface area contributed by atoms with E-state index in [0.717, 1.165) is 11.4 Å². The summed E-state index contributed by atoms with van der Waals surface area (Å²) in [6.45, 7) is 1.06. The Kier molecular flexibility index (Phi) is 4.49. The van der Waals surface area contributed by atoms with Crippen molar-refractivity contribution in [1.82, 2.24) is 9.88 Å². The number of carbonyl (C=O) groups is 2. The van der Waals surface area contributed by atoms with Gasteiger partial charge in [-0.15, -0.1) is 11.3 Å². The minimum absolute atomic E-state index is 0.158. The van der Waals surface area contributed by atoms with Gasteiger partial charge in [0.1, 0.15) is 6.04 Å². The van der Waals surface area contributed by atoms with Crippen LogP contribution in [0.1, 0.15) is 23.5 Å². The molecule has 0 aromatic carbocycles. The number of carboxylic acids is 1. The molecule has 1 saturated heterocycles. The Balaban J connectivity index is 1.98. The summed E-state index contributed by atoms with van der Waals surface area (Å²) in [7, 11) is 0. The van der Waals surface area contributed by atoms with E-state index >= 15 is 0 Å². The summed E-state index contributed by atoms with van der Waals surface area (Å²) in [5.41, 5.74) is 6.15. The molecule has 0 radical (unpaired) electrons. The lowest BCUT2D eigenvalue weighted by molar-refractivity contribution is -0.148. The minimum Gasteiger partial charge on any atom is -0.480 e. The second-order valence-corrected chi connectivity index (χ2v) is 5.47. The predicted octanol–water partition coefficient (Wildman–Crippen LogP) is 0.262. The highest BCUT2D eigenvalue weighted by atomic mass is 32.1. The zero-order valence-corrected chi connectivity index (χ0v) is 11.4. The van der Waals surface area contributed by atoms with Crippen LogP contribution in [0.25, 0.3) is 0 Å². The molecule has 0 bridgehead atoms. The average Bonchev–Trinajstić information content (AvgIpc) is 2.98. The third kappa shape index (κ3) is 3.30. The lowest BCUT2D eigenvalue weighted by Crippen LogP contribution is -2.41. The van der Waals surface area contributed by atoms with Crippen molar-refractivity contribution < 1.29 is 14.7 Å². The minimum atomic E-state index is -0.923. The van der Waals surface area contributed by atoms with E-state index in [1.807, 2.05) is 5.38 Å². The van der Waals surface area contributed by atoms with Gasteiger partial charge in [-0.25, -0.2) is 9.78 Å². The fourth-order valence-corrected chi connectivity index (χ4v) is 3.06. The molecule has 7 heteroatoms. The summed E-state index contributed by atoms with van der Waals surface area (Å²) >= 11 is 1.49. The lowest BCUT2D eigenvalue weighted by Gasteiger charge is -2.20. The van der Waals surface area contributed by atoms with Gasteiger partial charge in [-0.2, -0.15) is 0 Å². The van der Waals surface area contributed by atoms with E-state index in [9.17, 15) is 9.59 Å². The molecule has 3 N–H and O–H groups in total. The van der Waals surface area contributed by atoms with E-state index in [1.54, 1.807) is 0 Å². The number of carboxylic acid groups (broad SMARTS) is 1. The van der Waals surface area contributed by atoms with Crippen molar-refractivity contribution >= 4 is 23.2 Å². The van der Waals surface area contributed by atoms with Gasteiger partial charge in [-0.3, -0.25) is 4.79 Å². The highest BCUT2D eigenvalue weighted by Crippen LogP contribution is 2.19. The Morgan fingerprint density at radius 2 is 2.37 bits per heavy atom. The molecule has 0 aliphatic carbocycles. The van der Waals surface area contributed by atoms with Crippen LogP contribution >= 0.6 is 11.3 Å². The first-order valence-corrected chi connectivity index (χ1v) is 7.15. The summed E-state index contributed by atoms with van der Waals surface area (Å²) in [5, 5.41) is 11.8. The summed E-state index contributed by atoms with van der Waals surface area (Å²) in [6.07, 6.45) is 2.17. The molecule has 19 heavy (non-hydrogen) atoms. The number of hydrogen-bond donors (Lipinski definition) is 2. The largest absolute Gasteiger partial charge is 0.480 e. The molecule has 2 rings (SSSR count). The summed E-state index contributed by atoms with van der Waals surface area (Å²) < 4.78 is 0. The van der Waals surface area contributed by atoms with Crippen LogP contribution in [0.15, 0.2) is 5.38 Å². The van der Waals surface area contributed by atoms with Gasteiger partial charge in [0.05, 0.1) is 17.1 Å². The van der Waals surface area contributed by atoms with Gasteiger partial charge in [0, 0.05) is 18.3 Å². The van der Waals surface area contributed by atoms with Crippen LogP contribution in [0.3, 0.4) is 0 Å². The fraction of sp³-hybridized carbons (Fsp3) is 0.583. The zero-order valence-electron chi connectivity index (χ0n) is 10.5. The number of nitrogens with zero attached hydrogens (tertiary/aromatic N) is 2. The number of likely N-dealkylation sites (tertiary alicyclic amines) is 1. The third-order valence-corrected chi connectivity index (χ3v) is 4.11.